The Balaban J connectivity index is 0.000000293. The minimum atomic E-state index is -1.18. The van der Waals surface area contributed by atoms with Gasteiger partial charge in [0.25, 0.3) is 0 Å². The number of carboxylic acids is 1. The first-order valence-electron chi connectivity index (χ1n) is 5.23. The summed E-state index contributed by atoms with van der Waals surface area (Å²) in [6.45, 7) is 3.94. The van der Waals surface area contributed by atoms with Crippen LogP contribution in [-0.4, -0.2) is 58.9 Å². The van der Waals surface area contributed by atoms with Gasteiger partial charge in [0.1, 0.15) is 6.04 Å². The molecular weight excluding hydrogens is 210 g/mol. The Kier molecular flexibility index (Phi) is 7.32. The predicted molar refractivity (Wildman–Crippen MR) is 61.5 cm³/mol. The van der Waals surface area contributed by atoms with E-state index in [9.17, 15) is 4.79 Å². The molecular formula is C10H21N3O3. The highest BCUT2D eigenvalue weighted by molar-refractivity contribution is 5.73. The van der Waals surface area contributed by atoms with Crippen LogP contribution >= 0.6 is 0 Å². The maximum absolute atomic E-state index is 9.65. The largest absolute Gasteiger partial charge is 0.480 e. The van der Waals surface area contributed by atoms with Crippen molar-refractivity contribution >= 4 is 5.97 Å². The Labute approximate surface area is 95.9 Å². The second-order valence-corrected chi connectivity index (χ2v) is 3.64. The lowest BCUT2D eigenvalue weighted by Gasteiger charge is -2.16. The predicted octanol–water partition coefficient (Wildman–Crippen LogP) is -0.537. The van der Waals surface area contributed by atoms with Gasteiger partial charge in [-0.2, -0.15) is 0 Å². The summed E-state index contributed by atoms with van der Waals surface area (Å²) in [6, 6.07) is -1.13. The Morgan fingerprint density at radius 3 is 2.44 bits per heavy atom. The molecule has 0 saturated heterocycles. The van der Waals surface area contributed by atoms with Gasteiger partial charge in [-0.05, 0) is 6.42 Å². The molecule has 4 N–H and O–H groups in total. The molecule has 0 bridgehead atoms. The van der Waals surface area contributed by atoms with Crippen LogP contribution in [-0.2, 0) is 4.79 Å². The Hall–Kier alpha value is -1.27. The number of hydrogen-bond acceptors (Lipinski definition) is 5. The van der Waals surface area contributed by atoms with Crippen LogP contribution in [0.5, 0.6) is 0 Å². The van der Waals surface area contributed by atoms with E-state index in [4.69, 9.17) is 15.9 Å². The second kappa shape index (κ2) is 7.95. The van der Waals surface area contributed by atoms with Gasteiger partial charge >= 0.3 is 5.97 Å². The molecule has 1 rings (SSSR count). The summed E-state index contributed by atoms with van der Waals surface area (Å²) in [5, 5.41) is 15.9. The van der Waals surface area contributed by atoms with Crippen molar-refractivity contribution in [3.8, 4) is 0 Å². The zero-order chi connectivity index (χ0) is 12.6. The molecule has 16 heavy (non-hydrogen) atoms. The third kappa shape index (κ3) is 6.26. The van der Waals surface area contributed by atoms with E-state index in [0.29, 0.717) is 0 Å². The fraction of sp³-hybridized carbons (Fsp3) is 0.700. The molecule has 1 aliphatic heterocycles. The lowest BCUT2D eigenvalue weighted by Crippen LogP contribution is -2.33. The number of nitrogens with zero attached hydrogens (tertiary/aromatic N) is 2. The van der Waals surface area contributed by atoms with Crippen molar-refractivity contribution < 1.29 is 15.0 Å². The monoisotopic (exact) mass is 231 g/mol. The molecule has 0 aromatic carbocycles. The van der Waals surface area contributed by atoms with Crippen molar-refractivity contribution in [1.29, 1.82) is 0 Å². The average molecular weight is 231 g/mol. The van der Waals surface area contributed by atoms with E-state index in [1.165, 1.54) is 13.0 Å². The average Bonchev–Trinajstić information content (AvgIpc) is 2.64. The van der Waals surface area contributed by atoms with Gasteiger partial charge in [0.15, 0.2) is 0 Å². The number of carbonyl (C=O) groups is 1. The van der Waals surface area contributed by atoms with Gasteiger partial charge in [-0.15, -0.1) is 0 Å². The molecule has 6 heteroatoms. The summed E-state index contributed by atoms with van der Waals surface area (Å²) in [5.74, 6) is -1.18. The molecule has 0 spiro atoms. The SMILES string of the molecule is CCCN1C=CN(C)C1.N[C@@H](CO)C(=O)O. The van der Waals surface area contributed by atoms with Crippen LogP contribution in [0.3, 0.4) is 0 Å². The molecule has 6 nitrogen and oxygen atoms in total. The van der Waals surface area contributed by atoms with Crippen LogP contribution in [0.1, 0.15) is 13.3 Å². The van der Waals surface area contributed by atoms with E-state index >= 15 is 0 Å². The normalized spacial score (nSPS) is 15.8. The highest BCUT2D eigenvalue weighted by atomic mass is 16.4. The van der Waals surface area contributed by atoms with Crippen molar-refractivity contribution in [3.63, 3.8) is 0 Å². The van der Waals surface area contributed by atoms with Gasteiger partial charge in [-0.3, -0.25) is 4.79 Å². The van der Waals surface area contributed by atoms with E-state index in [2.05, 4.69) is 36.2 Å². The van der Waals surface area contributed by atoms with Crippen LogP contribution < -0.4 is 5.73 Å². The van der Waals surface area contributed by atoms with Crippen molar-refractivity contribution in [2.75, 3.05) is 26.9 Å². The van der Waals surface area contributed by atoms with E-state index in [-0.39, 0.29) is 0 Å². The number of rotatable bonds is 4. The number of hydrogen-bond donors (Lipinski definition) is 3. The highest BCUT2D eigenvalue weighted by Crippen LogP contribution is 2.02. The molecule has 0 amide bonds. The molecule has 1 heterocycles. The van der Waals surface area contributed by atoms with Gasteiger partial charge in [-0.1, -0.05) is 6.92 Å². The summed E-state index contributed by atoms with van der Waals surface area (Å²) in [4.78, 5) is 14.1. The lowest BCUT2D eigenvalue weighted by molar-refractivity contribution is -0.139. The minimum Gasteiger partial charge on any atom is -0.480 e. The number of aliphatic hydroxyl groups excluding tert-OH is 1. The zero-order valence-electron chi connectivity index (χ0n) is 9.83. The zero-order valence-corrected chi connectivity index (χ0v) is 9.83. The molecule has 0 aromatic heterocycles. The van der Waals surface area contributed by atoms with E-state index < -0.39 is 18.6 Å². The Morgan fingerprint density at radius 2 is 2.19 bits per heavy atom. The summed E-state index contributed by atoms with van der Waals surface area (Å²) in [6.07, 6.45) is 5.48. The molecule has 94 valence electrons. The van der Waals surface area contributed by atoms with Crippen LogP contribution in [0.25, 0.3) is 0 Å². The van der Waals surface area contributed by atoms with Crippen LogP contribution in [0.15, 0.2) is 12.4 Å². The fourth-order valence-electron chi connectivity index (χ4n) is 1.10. The standard InChI is InChI=1S/C7H14N2.C3H7NO3/c1-3-4-9-6-5-8(2)7-9;4-2(1-5)3(6)7/h5-6H,3-4,7H2,1-2H3;2,5H,1,4H2,(H,6,7)/t;2-/m.0/s1. The van der Waals surface area contributed by atoms with Gasteiger partial charge in [0, 0.05) is 26.0 Å². The van der Waals surface area contributed by atoms with Gasteiger partial charge < -0.3 is 25.7 Å². The third-order valence-corrected chi connectivity index (χ3v) is 1.96. The molecule has 0 aliphatic carbocycles. The number of aliphatic carboxylic acids is 1. The Morgan fingerprint density at radius 1 is 1.56 bits per heavy atom. The fourth-order valence-corrected chi connectivity index (χ4v) is 1.10. The smallest absolute Gasteiger partial charge is 0.322 e. The molecule has 0 fully saturated rings. The van der Waals surface area contributed by atoms with E-state index in [0.717, 1.165) is 6.67 Å². The molecule has 1 aliphatic rings. The van der Waals surface area contributed by atoms with Crippen molar-refractivity contribution in [1.82, 2.24) is 9.80 Å². The summed E-state index contributed by atoms with van der Waals surface area (Å²) in [7, 11) is 2.09. The van der Waals surface area contributed by atoms with Crippen molar-refractivity contribution in [2.45, 2.75) is 19.4 Å². The van der Waals surface area contributed by atoms with E-state index in [1.807, 2.05) is 0 Å². The van der Waals surface area contributed by atoms with Crippen LogP contribution in [0.4, 0.5) is 0 Å². The summed E-state index contributed by atoms with van der Waals surface area (Å²) >= 11 is 0. The van der Waals surface area contributed by atoms with Crippen molar-refractivity contribution in [3.05, 3.63) is 12.4 Å². The maximum atomic E-state index is 9.65. The highest BCUT2D eigenvalue weighted by Gasteiger charge is 2.07. The molecule has 0 radical (unpaired) electrons. The van der Waals surface area contributed by atoms with Crippen LogP contribution in [0, 0.1) is 0 Å². The van der Waals surface area contributed by atoms with Gasteiger partial charge in [0.05, 0.1) is 13.3 Å². The number of aliphatic hydroxyl groups is 1. The van der Waals surface area contributed by atoms with Gasteiger partial charge in [0.2, 0.25) is 0 Å². The lowest BCUT2D eigenvalue weighted by atomic mass is 10.3. The first kappa shape index (κ1) is 14.7. The Bertz CT molecular complexity index is 233. The summed E-state index contributed by atoms with van der Waals surface area (Å²) in [5.41, 5.74) is 4.77. The third-order valence-electron chi connectivity index (χ3n) is 1.96. The number of nitrogens with two attached hydrogens (primary N) is 1. The van der Waals surface area contributed by atoms with Crippen LogP contribution in [0.2, 0.25) is 0 Å². The van der Waals surface area contributed by atoms with E-state index in [1.54, 1.807) is 0 Å². The first-order valence-corrected chi connectivity index (χ1v) is 5.23. The molecule has 1 atom stereocenters. The first-order chi connectivity index (χ1) is 7.51. The van der Waals surface area contributed by atoms with Crippen molar-refractivity contribution in [2.24, 2.45) is 5.73 Å². The topological polar surface area (TPSA) is 90.0 Å². The molecule has 0 unspecified atom stereocenters. The minimum absolute atomic E-state index is 0.505. The quantitative estimate of drug-likeness (QED) is 0.602. The molecule has 0 aromatic rings. The molecule has 0 saturated carbocycles. The maximum Gasteiger partial charge on any atom is 0.322 e. The number of carboxylic acid groups (broad SMARTS) is 1. The second-order valence-electron chi connectivity index (χ2n) is 3.64. The van der Waals surface area contributed by atoms with Gasteiger partial charge in [-0.25, -0.2) is 0 Å². The summed E-state index contributed by atoms with van der Waals surface area (Å²) < 4.78 is 0.